The van der Waals surface area contributed by atoms with Crippen LogP contribution in [0.2, 0.25) is 0 Å². The van der Waals surface area contributed by atoms with Gasteiger partial charge in [0.1, 0.15) is 0 Å². The molecular weight excluding hydrogens is 128 g/mol. The van der Waals surface area contributed by atoms with Crippen molar-refractivity contribution in [3.63, 3.8) is 0 Å². The average Bonchev–Trinajstić information content (AvgIpc) is 2.36. The Morgan fingerprint density at radius 3 is 2.90 bits per heavy atom. The van der Waals surface area contributed by atoms with Crippen molar-refractivity contribution in [3.05, 3.63) is 0 Å². The Morgan fingerprint density at radius 1 is 1.20 bits per heavy atom. The van der Waals surface area contributed by atoms with Gasteiger partial charge in [-0.25, -0.2) is 0 Å². The summed E-state index contributed by atoms with van der Waals surface area (Å²) in [6.07, 6.45) is 4.50. The van der Waals surface area contributed by atoms with Crippen LogP contribution >= 0.6 is 0 Å². The minimum atomic E-state index is -0.443. The van der Waals surface area contributed by atoms with Crippen molar-refractivity contribution in [1.29, 1.82) is 0 Å². The number of rotatable bonds is 0. The molecule has 2 aliphatic rings. The molecule has 1 aliphatic carbocycles. The van der Waals surface area contributed by atoms with Crippen LogP contribution < -0.4 is 0 Å². The Bertz CT molecular complexity index is 124. The smallest absolute Gasteiger partial charge is 0.157 e. The van der Waals surface area contributed by atoms with Crippen LogP contribution in [0.4, 0.5) is 0 Å². The average molecular weight is 142 g/mol. The van der Waals surface area contributed by atoms with E-state index in [4.69, 9.17) is 4.74 Å². The van der Waals surface area contributed by atoms with Gasteiger partial charge in [-0.3, -0.25) is 0 Å². The second kappa shape index (κ2) is 2.51. The van der Waals surface area contributed by atoms with Gasteiger partial charge in [-0.1, -0.05) is 6.42 Å². The lowest BCUT2D eigenvalue weighted by atomic mass is 9.91. The molecule has 1 saturated carbocycles. The van der Waals surface area contributed by atoms with E-state index >= 15 is 0 Å². The van der Waals surface area contributed by atoms with Gasteiger partial charge in [0.15, 0.2) is 6.29 Å². The SMILES string of the molecule is OC1OCCC2CCCC21. The molecule has 0 radical (unpaired) electrons. The Morgan fingerprint density at radius 2 is 2.10 bits per heavy atom. The fraction of sp³-hybridized carbons (Fsp3) is 1.00. The van der Waals surface area contributed by atoms with Crippen LogP contribution in [0.3, 0.4) is 0 Å². The van der Waals surface area contributed by atoms with Gasteiger partial charge < -0.3 is 9.84 Å². The molecule has 1 saturated heterocycles. The summed E-state index contributed by atoms with van der Waals surface area (Å²) < 4.78 is 5.15. The highest BCUT2D eigenvalue weighted by Gasteiger charge is 2.36. The van der Waals surface area contributed by atoms with Crippen molar-refractivity contribution >= 4 is 0 Å². The van der Waals surface area contributed by atoms with Gasteiger partial charge >= 0.3 is 0 Å². The summed E-state index contributed by atoms with van der Waals surface area (Å²) in [5.41, 5.74) is 0. The molecule has 1 aliphatic heterocycles. The van der Waals surface area contributed by atoms with Crippen molar-refractivity contribution in [2.45, 2.75) is 32.0 Å². The van der Waals surface area contributed by atoms with E-state index in [1.807, 2.05) is 0 Å². The molecule has 2 rings (SSSR count). The standard InChI is InChI=1S/C8H14O2/c9-8-7-3-1-2-6(7)4-5-10-8/h6-9H,1-5H2. The summed E-state index contributed by atoms with van der Waals surface area (Å²) in [5, 5.41) is 9.36. The lowest BCUT2D eigenvalue weighted by Gasteiger charge is -2.30. The molecule has 10 heavy (non-hydrogen) atoms. The zero-order valence-electron chi connectivity index (χ0n) is 6.12. The highest BCUT2D eigenvalue weighted by Crippen LogP contribution is 2.39. The Labute approximate surface area is 61.2 Å². The van der Waals surface area contributed by atoms with E-state index in [0.717, 1.165) is 12.5 Å². The van der Waals surface area contributed by atoms with E-state index in [0.29, 0.717) is 5.92 Å². The van der Waals surface area contributed by atoms with Crippen molar-refractivity contribution in [1.82, 2.24) is 0 Å². The van der Waals surface area contributed by atoms with Gasteiger partial charge in [-0.15, -0.1) is 0 Å². The first-order valence-corrected chi connectivity index (χ1v) is 4.17. The lowest BCUT2D eigenvalue weighted by Crippen LogP contribution is -2.32. The molecular formula is C8H14O2. The summed E-state index contributed by atoms with van der Waals surface area (Å²) in [6.45, 7) is 0.766. The van der Waals surface area contributed by atoms with Gasteiger partial charge in [0.2, 0.25) is 0 Å². The molecule has 2 fully saturated rings. The zero-order chi connectivity index (χ0) is 6.97. The number of ether oxygens (including phenoxy) is 1. The summed E-state index contributed by atoms with van der Waals surface area (Å²) >= 11 is 0. The predicted octanol–water partition coefficient (Wildman–Crippen LogP) is 1.14. The molecule has 1 heterocycles. The maximum absolute atomic E-state index is 9.36. The normalized spacial score (nSPS) is 47.1. The third-order valence-electron chi connectivity index (χ3n) is 2.86. The van der Waals surface area contributed by atoms with E-state index in [1.54, 1.807) is 0 Å². The highest BCUT2D eigenvalue weighted by molar-refractivity contribution is 4.81. The summed E-state index contributed by atoms with van der Waals surface area (Å²) in [5.74, 6) is 1.23. The summed E-state index contributed by atoms with van der Waals surface area (Å²) in [4.78, 5) is 0. The topological polar surface area (TPSA) is 29.5 Å². The molecule has 0 aromatic carbocycles. The Kier molecular flexibility index (Phi) is 1.66. The van der Waals surface area contributed by atoms with Crippen LogP contribution in [0.15, 0.2) is 0 Å². The van der Waals surface area contributed by atoms with Crippen LogP contribution in [0.5, 0.6) is 0 Å². The van der Waals surface area contributed by atoms with Crippen LogP contribution in [-0.4, -0.2) is 18.0 Å². The highest BCUT2D eigenvalue weighted by atomic mass is 16.6. The van der Waals surface area contributed by atoms with Crippen LogP contribution in [0.1, 0.15) is 25.7 Å². The van der Waals surface area contributed by atoms with Crippen molar-refractivity contribution in [3.8, 4) is 0 Å². The van der Waals surface area contributed by atoms with Gasteiger partial charge in [-0.2, -0.15) is 0 Å². The van der Waals surface area contributed by atoms with Crippen LogP contribution in [0, 0.1) is 11.8 Å². The lowest BCUT2D eigenvalue weighted by molar-refractivity contribution is -0.170. The van der Waals surface area contributed by atoms with Gasteiger partial charge in [-0.05, 0) is 25.2 Å². The zero-order valence-corrected chi connectivity index (χ0v) is 6.12. The maximum Gasteiger partial charge on any atom is 0.157 e. The third kappa shape index (κ3) is 0.956. The maximum atomic E-state index is 9.36. The number of aliphatic hydroxyl groups excluding tert-OH is 1. The molecule has 2 nitrogen and oxygen atoms in total. The Hall–Kier alpha value is -0.0800. The molecule has 0 aromatic rings. The van der Waals surface area contributed by atoms with Crippen LogP contribution in [0.25, 0.3) is 0 Å². The number of hydrogen-bond acceptors (Lipinski definition) is 2. The van der Waals surface area contributed by atoms with Crippen molar-refractivity contribution in [2.75, 3.05) is 6.61 Å². The van der Waals surface area contributed by atoms with Gasteiger partial charge in [0.05, 0.1) is 6.61 Å². The van der Waals surface area contributed by atoms with E-state index in [-0.39, 0.29) is 0 Å². The van der Waals surface area contributed by atoms with Crippen molar-refractivity contribution in [2.24, 2.45) is 11.8 Å². The molecule has 0 spiro atoms. The molecule has 3 atom stereocenters. The first-order chi connectivity index (χ1) is 4.88. The fourth-order valence-electron chi connectivity index (χ4n) is 2.26. The van der Waals surface area contributed by atoms with Gasteiger partial charge in [0.25, 0.3) is 0 Å². The number of hydrogen-bond donors (Lipinski definition) is 1. The monoisotopic (exact) mass is 142 g/mol. The van der Waals surface area contributed by atoms with E-state index in [9.17, 15) is 5.11 Å². The molecule has 0 bridgehead atoms. The van der Waals surface area contributed by atoms with Gasteiger partial charge in [0, 0.05) is 5.92 Å². The summed E-state index contributed by atoms with van der Waals surface area (Å²) in [6, 6.07) is 0. The fourth-order valence-corrected chi connectivity index (χ4v) is 2.26. The van der Waals surface area contributed by atoms with E-state index in [1.165, 1.54) is 25.7 Å². The quantitative estimate of drug-likeness (QED) is 0.549. The molecule has 1 N–H and O–H groups in total. The second-order valence-corrected chi connectivity index (χ2v) is 3.40. The first-order valence-electron chi connectivity index (χ1n) is 4.17. The minimum Gasteiger partial charge on any atom is -0.368 e. The molecule has 3 unspecified atom stereocenters. The minimum absolute atomic E-state index is 0.443. The second-order valence-electron chi connectivity index (χ2n) is 3.40. The van der Waals surface area contributed by atoms with E-state index in [2.05, 4.69) is 0 Å². The molecule has 2 heteroatoms. The van der Waals surface area contributed by atoms with Crippen molar-refractivity contribution < 1.29 is 9.84 Å². The summed E-state index contributed by atoms with van der Waals surface area (Å²) in [7, 11) is 0. The Balaban J connectivity index is 2.03. The first kappa shape index (κ1) is 6.62. The largest absolute Gasteiger partial charge is 0.368 e. The number of aliphatic hydroxyl groups is 1. The van der Waals surface area contributed by atoms with E-state index < -0.39 is 6.29 Å². The number of fused-ring (bicyclic) bond motifs is 1. The molecule has 58 valence electrons. The molecule has 0 aromatic heterocycles. The predicted molar refractivity (Wildman–Crippen MR) is 37.4 cm³/mol. The molecule has 0 amide bonds. The van der Waals surface area contributed by atoms with Crippen LogP contribution in [-0.2, 0) is 4.74 Å². The third-order valence-corrected chi connectivity index (χ3v) is 2.86.